The molecule has 0 rings (SSSR count). The number of aliphatic carboxylic acids is 2. The van der Waals surface area contributed by atoms with Crippen molar-refractivity contribution in [1.82, 2.24) is 15.7 Å². The van der Waals surface area contributed by atoms with Crippen molar-refractivity contribution in [2.75, 3.05) is 20.0 Å². The highest BCUT2D eigenvalue weighted by Crippen LogP contribution is 2.33. The average molecular weight is 491 g/mol. The number of carboxylic acid groups (broad SMARTS) is 2. The molecule has 0 fully saturated rings. The molecule has 0 aliphatic carbocycles. The Balaban J connectivity index is -0.000000171. The Bertz CT molecular complexity index is 519. The predicted molar refractivity (Wildman–Crippen MR) is 108 cm³/mol. The van der Waals surface area contributed by atoms with Gasteiger partial charge in [0.1, 0.15) is 6.04 Å². The molecular weight excluding hydrogens is 464 g/mol. The van der Waals surface area contributed by atoms with Crippen LogP contribution in [0.25, 0.3) is 0 Å². The molecule has 0 aromatic heterocycles. The summed E-state index contributed by atoms with van der Waals surface area (Å²) in [7, 11) is -5.90. The van der Waals surface area contributed by atoms with E-state index in [0.717, 1.165) is 7.11 Å². The van der Waals surface area contributed by atoms with Gasteiger partial charge in [0.25, 0.3) is 0 Å². The second-order valence-corrected chi connectivity index (χ2v) is 7.34. The molecule has 0 spiro atoms. The number of carbonyl (C=O) groups is 2. The minimum absolute atomic E-state index is 0.0636. The third-order valence-corrected chi connectivity index (χ3v) is 3.23. The lowest BCUT2D eigenvalue weighted by Gasteiger charge is -2.14. The molecule has 0 aliphatic rings. The summed E-state index contributed by atoms with van der Waals surface area (Å²) in [6.07, 6.45) is -0.538. The highest BCUT2D eigenvalue weighted by Gasteiger charge is 2.21. The lowest BCUT2D eigenvalue weighted by atomic mass is 10.2. The van der Waals surface area contributed by atoms with E-state index in [1.807, 2.05) is 13.8 Å². The summed E-state index contributed by atoms with van der Waals surface area (Å²) in [5, 5.41) is 23.7. The van der Waals surface area contributed by atoms with E-state index in [-0.39, 0.29) is 11.0 Å². The Labute approximate surface area is 172 Å². The molecular formula is C10H27N3O11P2S2. The average Bonchev–Trinajstić information content (AvgIpc) is 2.55. The number of phosphoric acid groups is 1. The molecule has 0 radical (unpaired) electrons. The standard InChI is InChI=1S/C6H10N2O4S2.C2H6.CH6NO3P.CH5O4P/c9-4(10)1-3(5(11)12)8-6(14)7-2-13;1-2;1-2-6(3,4)5;1-5-6(2,3)4/h3,13H,1-2H2,(H,9,10)(H,11,12)(H2,7,8,14);1-2H3;1H3,(H3,2,3,4,5);1H3,(H2,2,3,4). The van der Waals surface area contributed by atoms with Crippen LogP contribution in [0.1, 0.15) is 20.3 Å². The molecule has 0 aliphatic heterocycles. The zero-order valence-electron chi connectivity index (χ0n) is 15.5. The zero-order valence-corrected chi connectivity index (χ0v) is 19.0. The highest BCUT2D eigenvalue weighted by molar-refractivity contribution is 7.81. The Morgan fingerprint density at radius 3 is 1.68 bits per heavy atom. The largest absolute Gasteiger partial charge is 0.481 e. The maximum absolute atomic E-state index is 10.5. The number of carboxylic acids is 2. The quantitative estimate of drug-likeness (QED) is 0.0919. The SMILES string of the molecule is CC.CNP(=O)(O)O.COP(=O)(O)O.O=C(O)CC(NC(=S)NCS)C(=O)O. The van der Waals surface area contributed by atoms with Crippen LogP contribution < -0.4 is 15.7 Å². The number of nitrogens with one attached hydrogen (secondary N) is 3. The first-order chi connectivity index (χ1) is 12.6. The van der Waals surface area contributed by atoms with Crippen LogP contribution in [0.2, 0.25) is 0 Å². The smallest absolute Gasteiger partial charge is 0.469 e. The van der Waals surface area contributed by atoms with Crippen molar-refractivity contribution < 1.29 is 53.0 Å². The minimum atomic E-state index is -4.15. The van der Waals surface area contributed by atoms with E-state index in [0.29, 0.717) is 0 Å². The molecule has 0 bridgehead atoms. The number of phosphoric ester groups is 1. The number of rotatable bonds is 7. The lowest BCUT2D eigenvalue weighted by Crippen LogP contribution is -2.46. The maximum Gasteiger partial charge on any atom is 0.469 e. The predicted octanol–water partition coefficient (Wildman–Crippen LogP) is -0.684. The van der Waals surface area contributed by atoms with Crippen molar-refractivity contribution >= 4 is 57.5 Å². The van der Waals surface area contributed by atoms with Crippen molar-refractivity contribution in [2.24, 2.45) is 0 Å². The number of thiol groups is 1. The Kier molecular flexibility index (Phi) is 24.2. The number of hydrogen-bond donors (Lipinski definition) is 10. The van der Waals surface area contributed by atoms with Crippen molar-refractivity contribution in [2.45, 2.75) is 26.3 Å². The van der Waals surface area contributed by atoms with Crippen molar-refractivity contribution in [3.05, 3.63) is 0 Å². The molecule has 1 unspecified atom stereocenters. The summed E-state index contributed by atoms with van der Waals surface area (Å²) < 4.78 is 22.7. The Hall–Kier alpha value is -0.800. The first-order valence-corrected chi connectivity index (χ1v) is 11.2. The fourth-order valence-electron chi connectivity index (χ4n) is 0.656. The monoisotopic (exact) mass is 491 g/mol. The van der Waals surface area contributed by atoms with Gasteiger partial charge in [-0.25, -0.2) is 19.0 Å². The molecule has 170 valence electrons. The van der Waals surface area contributed by atoms with Crippen molar-refractivity contribution in [3.8, 4) is 0 Å². The normalized spacial score (nSPS) is 11.0. The fraction of sp³-hybridized carbons (Fsp3) is 0.700. The summed E-state index contributed by atoms with van der Waals surface area (Å²) >= 11 is 8.48. The Morgan fingerprint density at radius 2 is 1.50 bits per heavy atom. The van der Waals surface area contributed by atoms with Crippen LogP contribution in [0.15, 0.2) is 0 Å². The molecule has 0 aromatic rings. The van der Waals surface area contributed by atoms with Gasteiger partial charge in [0.2, 0.25) is 0 Å². The molecule has 14 nitrogen and oxygen atoms in total. The van der Waals surface area contributed by atoms with E-state index in [2.05, 4.69) is 40.0 Å². The van der Waals surface area contributed by atoms with Crippen LogP contribution in [-0.2, 0) is 23.2 Å². The molecule has 0 amide bonds. The van der Waals surface area contributed by atoms with Gasteiger partial charge in [-0.2, -0.15) is 12.6 Å². The number of thiocarbonyl (C=S) groups is 1. The van der Waals surface area contributed by atoms with E-state index in [9.17, 15) is 18.7 Å². The molecule has 0 saturated carbocycles. The topological polar surface area (TPSA) is 235 Å². The van der Waals surface area contributed by atoms with Gasteiger partial charge < -0.3 is 40.4 Å². The minimum Gasteiger partial charge on any atom is -0.481 e. The molecule has 9 N–H and O–H groups in total. The highest BCUT2D eigenvalue weighted by atomic mass is 32.1. The molecule has 0 heterocycles. The van der Waals surface area contributed by atoms with Gasteiger partial charge in [-0.1, -0.05) is 13.8 Å². The van der Waals surface area contributed by atoms with Gasteiger partial charge in [0.15, 0.2) is 5.11 Å². The third kappa shape index (κ3) is 36.2. The van der Waals surface area contributed by atoms with Crippen LogP contribution in [0.4, 0.5) is 0 Å². The lowest BCUT2D eigenvalue weighted by molar-refractivity contribution is -0.145. The Morgan fingerprint density at radius 1 is 1.14 bits per heavy atom. The van der Waals surface area contributed by atoms with Crippen molar-refractivity contribution in [3.63, 3.8) is 0 Å². The van der Waals surface area contributed by atoms with Crippen LogP contribution in [-0.4, -0.2) is 72.9 Å². The second kappa shape index (κ2) is 19.5. The van der Waals surface area contributed by atoms with E-state index < -0.39 is 40.0 Å². The van der Waals surface area contributed by atoms with Crippen molar-refractivity contribution in [1.29, 1.82) is 0 Å². The van der Waals surface area contributed by atoms with Gasteiger partial charge in [-0.15, -0.1) is 0 Å². The summed E-state index contributed by atoms with van der Waals surface area (Å²) in [5.41, 5.74) is 0. The molecule has 28 heavy (non-hydrogen) atoms. The first-order valence-electron chi connectivity index (χ1n) is 7.05. The van der Waals surface area contributed by atoms with E-state index in [1.54, 1.807) is 5.09 Å². The summed E-state index contributed by atoms with van der Waals surface area (Å²) in [6, 6.07) is -1.23. The fourth-order valence-corrected chi connectivity index (χ4v) is 1.14. The van der Waals surface area contributed by atoms with Crippen LogP contribution in [0.5, 0.6) is 0 Å². The molecule has 0 saturated heterocycles. The summed E-state index contributed by atoms with van der Waals surface area (Å²) in [4.78, 5) is 51.9. The van der Waals surface area contributed by atoms with Gasteiger partial charge >= 0.3 is 27.5 Å². The summed E-state index contributed by atoms with van der Waals surface area (Å²) in [5.74, 6) is -2.24. The molecule has 0 aromatic carbocycles. The number of hydrogen-bond acceptors (Lipinski definition) is 7. The van der Waals surface area contributed by atoms with Crippen LogP contribution >= 0.6 is 40.4 Å². The van der Waals surface area contributed by atoms with Gasteiger partial charge in [0.05, 0.1) is 12.3 Å². The van der Waals surface area contributed by atoms with E-state index in [4.69, 9.17) is 29.8 Å². The first kappa shape index (κ1) is 34.7. The summed E-state index contributed by atoms with van der Waals surface area (Å²) in [6.45, 7) is 4.00. The molecule has 18 heteroatoms. The maximum atomic E-state index is 10.5. The third-order valence-electron chi connectivity index (χ3n) is 1.75. The van der Waals surface area contributed by atoms with Gasteiger partial charge in [0, 0.05) is 7.11 Å². The van der Waals surface area contributed by atoms with Gasteiger partial charge in [-0.05, 0) is 19.3 Å². The van der Waals surface area contributed by atoms with E-state index in [1.165, 1.54) is 7.05 Å². The van der Waals surface area contributed by atoms with Crippen LogP contribution in [0.3, 0.4) is 0 Å². The molecule has 1 atom stereocenters. The van der Waals surface area contributed by atoms with E-state index >= 15 is 0 Å². The van der Waals surface area contributed by atoms with Crippen LogP contribution in [0, 0.1) is 0 Å². The second-order valence-electron chi connectivity index (χ2n) is 3.74. The van der Waals surface area contributed by atoms with Gasteiger partial charge in [-0.3, -0.25) is 9.32 Å². The zero-order chi connectivity index (χ0) is 23.6.